The van der Waals surface area contributed by atoms with E-state index >= 15 is 0 Å². The molecule has 1 aliphatic rings. The van der Waals surface area contributed by atoms with Crippen molar-refractivity contribution in [3.63, 3.8) is 0 Å². The first-order valence-electron chi connectivity index (χ1n) is 8.93. The third-order valence-corrected chi connectivity index (χ3v) is 5.87. The van der Waals surface area contributed by atoms with E-state index < -0.39 is 11.3 Å². The second kappa shape index (κ2) is 8.74. The van der Waals surface area contributed by atoms with Gasteiger partial charge < -0.3 is 15.8 Å². The average Bonchev–Trinajstić information content (AvgIpc) is 3.36. The number of nitrogens with one attached hydrogen (secondary N) is 1. The van der Waals surface area contributed by atoms with Crippen molar-refractivity contribution in [2.24, 2.45) is 5.73 Å². The van der Waals surface area contributed by atoms with E-state index in [1.807, 2.05) is 17.5 Å². The maximum absolute atomic E-state index is 12.8. The highest BCUT2D eigenvalue weighted by molar-refractivity contribution is 7.10. The van der Waals surface area contributed by atoms with Gasteiger partial charge in [0, 0.05) is 4.88 Å². The standard InChI is InChI=1S/C21H22N2O3S/c22-19(24)16-8-1-2-9-17(16)26-14-6-5-13-23-20(25)21(11-3-4-12-21)18-10-7-15-27-18/h1-2,7-10,15H,3-4,11-14H2,(H2,22,24)(H,23,25). The summed E-state index contributed by atoms with van der Waals surface area (Å²) in [6, 6.07) is 10.8. The van der Waals surface area contributed by atoms with Crippen LogP contribution in [0.25, 0.3) is 0 Å². The molecule has 1 heterocycles. The number of carbonyl (C=O) groups is 2. The summed E-state index contributed by atoms with van der Waals surface area (Å²) in [5.74, 6) is 5.68. The average molecular weight is 382 g/mol. The molecule has 2 amide bonds. The molecule has 1 saturated carbocycles. The molecule has 6 heteroatoms. The molecule has 0 atom stereocenters. The predicted molar refractivity (Wildman–Crippen MR) is 106 cm³/mol. The van der Waals surface area contributed by atoms with E-state index in [1.54, 1.807) is 35.6 Å². The number of primary amides is 1. The molecule has 0 spiro atoms. The number of para-hydroxylation sites is 1. The molecule has 2 aromatic rings. The normalized spacial score (nSPS) is 14.8. The van der Waals surface area contributed by atoms with Gasteiger partial charge in [-0.3, -0.25) is 9.59 Å². The van der Waals surface area contributed by atoms with Gasteiger partial charge in [-0.1, -0.05) is 42.9 Å². The Labute approximate surface area is 162 Å². The van der Waals surface area contributed by atoms with Gasteiger partial charge in [0.25, 0.3) is 5.91 Å². The molecular formula is C21H22N2O3S. The Kier molecular flexibility index (Phi) is 6.15. The summed E-state index contributed by atoms with van der Waals surface area (Å²) >= 11 is 1.64. The molecule has 3 N–H and O–H groups in total. The van der Waals surface area contributed by atoms with Gasteiger partial charge in [0.1, 0.15) is 12.4 Å². The van der Waals surface area contributed by atoms with Crippen molar-refractivity contribution >= 4 is 23.2 Å². The van der Waals surface area contributed by atoms with Gasteiger partial charge in [0.15, 0.2) is 0 Å². The molecule has 0 aliphatic heterocycles. The van der Waals surface area contributed by atoms with Crippen LogP contribution in [0.3, 0.4) is 0 Å². The number of amides is 2. The topological polar surface area (TPSA) is 81.4 Å². The highest BCUT2D eigenvalue weighted by atomic mass is 32.1. The van der Waals surface area contributed by atoms with E-state index in [0.717, 1.165) is 30.6 Å². The minimum Gasteiger partial charge on any atom is -0.480 e. The second-order valence-electron chi connectivity index (χ2n) is 6.45. The Balaban J connectivity index is 1.52. The zero-order chi connectivity index (χ0) is 19.1. The molecule has 27 heavy (non-hydrogen) atoms. The van der Waals surface area contributed by atoms with Crippen LogP contribution in [0.5, 0.6) is 5.75 Å². The zero-order valence-electron chi connectivity index (χ0n) is 15.0. The van der Waals surface area contributed by atoms with Crippen LogP contribution >= 0.6 is 11.3 Å². The van der Waals surface area contributed by atoms with E-state index in [2.05, 4.69) is 17.2 Å². The first-order valence-corrected chi connectivity index (χ1v) is 9.81. The van der Waals surface area contributed by atoms with Crippen LogP contribution in [0, 0.1) is 11.8 Å². The van der Waals surface area contributed by atoms with Gasteiger partial charge in [-0.25, -0.2) is 0 Å². The molecule has 1 aromatic heterocycles. The van der Waals surface area contributed by atoms with Crippen LogP contribution in [0.2, 0.25) is 0 Å². The minimum absolute atomic E-state index is 0.0525. The minimum atomic E-state index is -0.540. The van der Waals surface area contributed by atoms with Crippen molar-refractivity contribution in [1.82, 2.24) is 5.32 Å². The Bertz CT molecular complexity index is 859. The van der Waals surface area contributed by atoms with E-state index in [1.165, 1.54) is 0 Å². The van der Waals surface area contributed by atoms with E-state index in [0.29, 0.717) is 11.3 Å². The Morgan fingerprint density at radius 1 is 1.15 bits per heavy atom. The molecule has 140 valence electrons. The molecule has 1 fully saturated rings. The van der Waals surface area contributed by atoms with Gasteiger partial charge in [0.05, 0.1) is 17.5 Å². The van der Waals surface area contributed by atoms with Gasteiger partial charge >= 0.3 is 0 Å². The third-order valence-electron chi connectivity index (χ3n) is 4.80. The second-order valence-corrected chi connectivity index (χ2v) is 7.40. The Morgan fingerprint density at radius 2 is 1.93 bits per heavy atom. The van der Waals surface area contributed by atoms with E-state index in [4.69, 9.17) is 10.5 Å². The highest BCUT2D eigenvalue weighted by Gasteiger charge is 2.43. The van der Waals surface area contributed by atoms with Crippen LogP contribution in [-0.4, -0.2) is 25.0 Å². The quantitative estimate of drug-likeness (QED) is 0.754. The molecule has 3 rings (SSSR count). The van der Waals surface area contributed by atoms with Crippen molar-refractivity contribution in [2.75, 3.05) is 13.2 Å². The van der Waals surface area contributed by atoms with Crippen molar-refractivity contribution in [3.8, 4) is 17.6 Å². The summed E-state index contributed by atoms with van der Waals surface area (Å²) < 4.78 is 5.50. The lowest BCUT2D eigenvalue weighted by Gasteiger charge is -2.26. The van der Waals surface area contributed by atoms with Crippen molar-refractivity contribution in [3.05, 3.63) is 52.2 Å². The number of carbonyl (C=O) groups excluding carboxylic acids is 2. The molecule has 0 saturated heterocycles. The summed E-state index contributed by atoms with van der Waals surface area (Å²) in [7, 11) is 0. The summed E-state index contributed by atoms with van der Waals surface area (Å²) in [5.41, 5.74) is 5.24. The Hall–Kier alpha value is -2.78. The maximum Gasteiger partial charge on any atom is 0.252 e. The fourth-order valence-electron chi connectivity index (χ4n) is 3.43. The number of benzene rings is 1. The zero-order valence-corrected chi connectivity index (χ0v) is 15.8. The van der Waals surface area contributed by atoms with Crippen molar-refractivity contribution in [2.45, 2.75) is 31.1 Å². The predicted octanol–water partition coefficient (Wildman–Crippen LogP) is 2.86. The fourth-order valence-corrected chi connectivity index (χ4v) is 4.42. The third kappa shape index (κ3) is 4.32. The lowest BCUT2D eigenvalue weighted by molar-refractivity contribution is -0.126. The SMILES string of the molecule is NC(=O)c1ccccc1OCC#CCNC(=O)C1(c2cccs2)CCCC1. The summed E-state index contributed by atoms with van der Waals surface area (Å²) in [6.07, 6.45) is 3.92. The maximum atomic E-state index is 12.8. The van der Waals surface area contributed by atoms with Crippen LogP contribution in [-0.2, 0) is 10.2 Å². The van der Waals surface area contributed by atoms with Gasteiger partial charge in [-0.15, -0.1) is 11.3 Å². The molecule has 0 radical (unpaired) electrons. The van der Waals surface area contributed by atoms with Gasteiger partial charge in [-0.2, -0.15) is 0 Å². The lowest BCUT2D eigenvalue weighted by atomic mass is 9.83. The first-order chi connectivity index (χ1) is 13.1. The Morgan fingerprint density at radius 3 is 2.63 bits per heavy atom. The molecule has 1 aliphatic carbocycles. The molecular weight excluding hydrogens is 360 g/mol. The molecule has 0 unspecified atom stereocenters. The van der Waals surface area contributed by atoms with E-state index in [-0.39, 0.29) is 19.1 Å². The number of rotatable bonds is 6. The van der Waals surface area contributed by atoms with Crippen LogP contribution < -0.4 is 15.8 Å². The number of nitrogens with two attached hydrogens (primary N) is 1. The number of thiophene rings is 1. The van der Waals surface area contributed by atoms with Gasteiger partial charge in [-0.05, 0) is 36.4 Å². The lowest BCUT2D eigenvalue weighted by Crippen LogP contribution is -2.42. The van der Waals surface area contributed by atoms with Crippen LogP contribution in [0.1, 0.15) is 40.9 Å². The molecule has 1 aromatic carbocycles. The smallest absolute Gasteiger partial charge is 0.252 e. The molecule has 5 nitrogen and oxygen atoms in total. The van der Waals surface area contributed by atoms with Crippen LogP contribution in [0.15, 0.2) is 41.8 Å². The largest absolute Gasteiger partial charge is 0.480 e. The van der Waals surface area contributed by atoms with Crippen LogP contribution in [0.4, 0.5) is 0 Å². The highest BCUT2D eigenvalue weighted by Crippen LogP contribution is 2.43. The fraction of sp³-hybridized carbons (Fsp3) is 0.333. The number of ether oxygens (including phenoxy) is 1. The number of hydrogen-bond acceptors (Lipinski definition) is 4. The van der Waals surface area contributed by atoms with Gasteiger partial charge in [0.2, 0.25) is 5.91 Å². The molecule has 0 bridgehead atoms. The summed E-state index contributed by atoms with van der Waals surface area (Å²) in [5, 5.41) is 4.96. The monoisotopic (exact) mass is 382 g/mol. The van der Waals surface area contributed by atoms with Crippen molar-refractivity contribution in [1.29, 1.82) is 0 Å². The van der Waals surface area contributed by atoms with E-state index in [9.17, 15) is 9.59 Å². The summed E-state index contributed by atoms with van der Waals surface area (Å²) in [6.45, 7) is 0.392. The number of hydrogen-bond donors (Lipinski definition) is 2. The van der Waals surface area contributed by atoms with Crippen molar-refractivity contribution < 1.29 is 14.3 Å². The first kappa shape index (κ1) is 19.0. The summed E-state index contributed by atoms with van der Waals surface area (Å²) in [4.78, 5) is 25.3.